The monoisotopic (exact) mass is 240 g/mol. The van der Waals surface area contributed by atoms with Gasteiger partial charge in [0.2, 0.25) is 0 Å². The fourth-order valence-electron chi connectivity index (χ4n) is 1.26. The van der Waals surface area contributed by atoms with Gasteiger partial charge in [-0.15, -0.1) is 0 Å². The van der Waals surface area contributed by atoms with E-state index in [-0.39, 0.29) is 0 Å². The molecule has 0 aliphatic heterocycles. The summed E-state index contributed by atoms with van der Waals surface area (Å²) in [5.74, 6) is 0.627. The van der Waals surface area contributed by atoms with Gasteiger partial charge in [-0.2, -0.15) is 0 Å². The molecule has 0 saturated heterocycles. The number of hydrogen-bond acceptors (Lipinski definition) is 5. The van der Waals surface area contributed by atoms with Gasteiger partial charge in [0.25, 0.3) is 0 Å². The molecule has 0 heterocycles. The molecule has 1 aromatic carbocycles. The molecule has 0 amide bonds. The van der Waals surface area contributed by atoms with Gasteiger partial charge >= 0.3 is 0 Å². The van der Waals surface area contributed by atoms with Crippen molar-refractivity contribution in [2.45, 2.75) is 6.42 Å². The van der Waals surface area contributed by atoms with Crippen LogP contribution in [0.5, 0.6) is 5.75 Å². The molecule has 0 unspecified atom stereocenters. The van der Waals surface area contributed by atoms with E-state index in [2.05, 4.69) is 0 Å². The van der Waals surface area contributed by atoms with E-state index < -0.39 is 0 Å². The molecule has 0 fully saturated rings. The van der Waals surface area contributed by atoms with E-state index in [4.69, 9.17) is 25.7 Å². The summed E-state index contributed by atoms with van der Waals surface area (Å²) in [7, 11) is 1.65. The Morgan fingerprint density at radius 2 is 1.88 bits per heavy atom. The molecule has 5 nitrogen and oxygen atoms in total. The predicted molar refractivity (Wildman–Crippen MR) is 68.1 cm³/mol. The Kier molecular flexibility index (Phi) is 6.21. The molecule has 1 aromatic rings. The van der Waals surface area contributed by atoms with Crippen LogP contribution in [0.3, 0.4) is 0 Å². The number of ether oxygens (including phenoxy) is 3. The maximum atomic E-state index is 5.74. The minimum Gasteiger partial charge on any atom is -0.491 e. The zero-order chi connectivity index (χ0) is 12.5. The van der Waals surface area contributed by atoms with E-state index in [1.54, 1.807) is 25.3 Å². The van der Waals surface area contributed by atoms with Crippen molar-refractivity contribution in [3.05, 3.63) is 18.2 Å². The highest BCUT2D eigenvalue weighted by atomic mass is 16.5. The number of hydrogen-bond donors (Lipinski definition) is 2. The normalized spacial score (nSPS) is 10.4. The summed E-state index contributed by atoms with van der Waals surface area (Å²) in [6.45, 7) is 2.42. The third kappa shape index (κ3) is 5.42. The highest BCUT2D eigenvalue weighted by Crippen LogP contribution is 2.23. The van der Waals surface area contributed by atoms with Gasteiger partial charge in [-0.25, -0.2) is 0 Å². The van der Waals surface area contributed by atoms with Crippen LogP contribution in [-0.4, -0.2) is 33.5 Å². The van der Waals surface area contributed by atoms with Crippen molar-refractivity contribution in [2.24, 2.45) is 0 Å². The smallest absolute Gasteiger partial charge is 0.144 e. The molecular formula is C12H20N2O3. The fourth-order valence-corrected chi connectivity index (χ4v) is 1.26. The van der Waals surface area contributed by atoms with Gasteiger partial charge in [0.05, 0.1) is 25.5 Å². The van der Waals surface area contributed by atoms with Gasteiger partial charge < -0.3 is 25.7 Å². The van der Waals surface area contributed by atoms with E-state index in [1.807, 2.05) is 0 Å². The topological polar surface area (TPSA) is 79.7 Å². The Morgan fingerprint density at radius 3 is 2.65 bits per heavy atom. The molecule has 0 aliphatic rings. The molecule has 0 radical (unpaired) electrons. The molecule has 0 aromatic heterocycles. The summed E-state index contributed by atoms with van der Waals surface area (Å²) >= 11 is 0. The third-order valence-corrected chi connectivity index (χ3v) is 2.16. The molecule has 1 rings (SSSR count). The third-order valence-electron chi connectivity index (χ3n) is 2.16. The number of nitrogens with two attached hydrogens (primary N) is 2. The summed E-state index contributed by atoms with van der Waals surface area (Å²) < 4.78 is 15.7. The molecule has 0 aliphatic carbocycles. The van der Waals surface area contributed by atoms with Gasteiger partial charge in [-0.05, 0) is 12.1 Å². The van der Waals surface area contributed by atoms with Crippen LogP contribution in [0.4, 0.5) is 11.4 Å². The zero-order valence-electron chi connectivity index (χ0n) is 10.1. The molecule has 4 N–H and O–H groups in total. The van der Waals surface area contributed by atoms with E-state index in [9.17, 15) is 0 Å². The Labute approximate surface area is 102 Å². The molecule has 0 saturated carbocycles. The second kappa shape index (κ2) is 7.76. The largest absolute Gasteiger partial charge is 0.491 e. The van der Waals surface area contributed by atoms with Crippen molar-refractivity contribution in [1.29, 1.82) is 0 Å². The summed E-state index contributed by atoms with van der Waals surface area (Å²) in [4.78, 5) is 0. The molecule has 0 bridgehead atoms. The fraction of sp³-hybridized carbons (Fsp3) is 0.500. The number of benzene rings is 1. The standard InChI is InChI=1S/C12H20N2O3/c1-15-7-8-16-5-2-6-17-12-9-10(13)3-4-11(12)14/h3-4,9H,2,5-8,13-14H2,1H3. The Balaban J connectivity index is 2.15. The van der Waals surface area contributed by atoms with Crippen LogP contribution in [0, 0.1) is 0 Å². The Bertz CT molecular complexity index is 332. The predicted octanol–water partition coefficient (Wildman–Crippen LogP) is 1.28. The lowest BCUT2D eigenvalue weighted by atomic mass is 10.2. The molecule has 5 heteroatoms. The lowest BCUT2D eigenvalue weighted by molar-refractivity contribution is 0.0645. The summed E-state index contributed by atoms with van der Waals surface area (Å²) in [6, 6.07) is 5.21. The maximum absolute atomic E-state index is 5.74. The van der Waals surface area contributed by atoms with Crippen molar-refractivity contribution in [3.63, 3.8) is 0 Å². The van der Waals surface area contributed by atoms with Gasteiger partial charge in [-0.3, -0.25) is 0 Å². The number of nitrogen functional groups attached to an aromatic ring is 2. The number of rotatable bonds is 8. The van der Waals surface area contributed by atoms with E-state index in [1.165, 1.54) is 0 Å². The highest BCUT2D eigenvalue weighted by Gasteiger charge is 2.00. The van der Waals surface area contributed by atoms with Crippen LogP contribution in [-0.2, 0) is 9.47 Å². The zero-order valence-corrected chi connectivity index (χ0v) is 10.1. The molecule has 96 valence electrons. The van der Waals surface area contributed by atoms with Crippen LogP contribution in [0.2, 0.25) is 0 Å². The van der Waals surface area contributed by atoms with Crippen molar-refractivity contribution >= 4 is 11.4 Å². The maximum Gasteiger partial charge on any atom is 0.144 e. The van der Waals surface area contributed by atoms with Crippen LogP contribution in [0.1, 0.15) is 6.42 Å². The number of anilines is 2. The highest BCUT2D eigenvalue weighted by molar-refractivity contribution is 5.59. The average Bonchev–Trinajstić information content (AvgIpc) is 2.32. The lowest BCUT2D eigenvalue weighted by Gasteiger charge is -2.09. The summed E-state index contributed by atoms with van der Waals surface area (Å²) in [5, 5.41) is 0. The van der Waals surface area contributed by atoms with E-state index in [0.29, 0.717) is 43.6 Å². The Hall–Kier alpha value is -1.46. The van der Waals surface area contributed by atoms with Crippen LogP contribution in [0.15, 0.2) is 18.2 Å². The van der Waals surface area contributed by atoms with Crippen molar-refractivity contribution in [3.8, 4) is 5.75 Å². The molecular weight excluding hydrogens is 220 g/mol. The molecule has 0 atom stereocenters. The number of methoxy groups -OCH3 is 1. The Morgan fingerprint density at radius 1 is 1.06 bits per heavy atom. The lowest BCUT2D eigenvalue weighted by Crippen LogP contribution is -2.07. The first kappa shape index (κ1) is 13.6. The molecule has 17 heavy (non-hydrogen) atoms. The summed E-state index contributed by atoms with van der Waals surface area (Å²) in [5.41, 5.74) is 12.6. The summed E-state index contributed by atoms with van der Waals surface area (Å²) in [6.07, 6.45) is 0.804. The van der Waals surface area contributed by atoms with Crippen LogP contribution in [0.25, 0.3) is 0 Å². The minimum absolute atomic E-state index is 0.556. The van der Waals surface area contributed by atoms with E-state index >= 15 is 0 Å². The van der Waals surface area contributed by atoms with Crippen LogP contribution >= 0.6 is 0 Å². The first-order valence-electron chi connectivity index (χ1n) is 5.58. The second-order valence-electron chi connectivity index (χ2n) is 3.60. The minimum atomic E-state index is 0.556. The molecule has 0 spiro atoms. The van der Waals surface area contributed by atoms with Gasteiger partial charge in [-0.1, -0.05) is 0 Å². The average molecular weight is 240 g/mol. The van der Waals surface area contributed by atoms with E-state index in [0.717, 1.165) is 6.42 Å². The van der Waals surface area contributed by atoms with Crippen molar-refractivity contribution < 1.29 is 14.2 Å². The quantitative estimate of drug-likeness (QED) is 0.528. The van der Waals surface area contributed by atoms with Crippen LogP contribution < -0.4 is 16.2 Å². The first-order chi connectivity index (χ1) is 8.24. The van der Waals surface area contributed by atoms with Gasteiger partial charge in [0.1, 0.15) is 5.75 Å². The SMILES string of the molecule is COCCOCCCOc1cc(N)ccc1N. The van der Waals surface area contributed by atoms with Crippen molar-refractivity contribution in [1.82, 2.24) is 0 Å². The van der Waals surface area contributed by atoms with Gasteiger partial charge in [0, 0.05) is 31.9 Å². The van der Waals surface area contributed by atoms with Crippen molar-refractivity contribution in [2.75, 3.05) is 45.0 Å². The second-order valence-corrected chi connectivity index (χ2v) is 3.60. The van der Waals surface area contributed by atoms with Gasteiger partial charge in [0.15, 0.2) is 0 Å². The first-order valence-corrected chi connectivity index (χ1v) is 5.58.